The van der Waals surface area contributed by atoms with E-state index in [2.05, 4.69) is 22.3 Å². The molecule has 0 radical (unpaired) electrons. The maximum absolute atomic E-state index is 12.6. The molecule has 2 aromatic rings. The highest BCUT2D eigenvalue weighted by atomic mass is 16.5. The second kappa shape index (κ2) is 7.35. The summed E-state index contributed by atoms with van der Waals surface area (Å²) in [7, 11) is 1.74. The number of hydrogen-bond acceptors (Lipinski definition) is 4. The number of nitrogens with one attached hydrogen (secondary N) is 1. The lowest BCUT2D eigenvalue weighted by Gasteiger charge is -2.44. The van der Waals surface area contributed by atoms with Crippen molar-refractivity contribution in [2.75, 3.05) is 38.7 Å². The number of rotatable bonds is 4. The molecule has 5 nitrogen and oxygen atoms in total. The van der Waals surface area contributed by atoms with Crippen molar-refractivity contribution in [3.8, 4) is 0 Å². The van der Waals surface area contributed by atoms with Gasteiger partial charge in [0.2, 0.25) is 5.91 Å². The molecule has 2 saturated heterocycles. The zero-order chi connectivity index (χ0) is 18.0. The molecule has 2 aliphatic heterocycles. The maximum Gasteiger partial charge on any atom is 0.238 e. The van der Waals surface area contributed by atoms with Crippen LogP contribution >= 0.6 is 0 Å². The molecule has 0 aliphatic carbocycles. The first-order chi connectivity index (χ1) is 12.7. The first-order valence-corrected chi connectivity index (χ1v) is 9.37. The molecule has 4 rings (SSSR count). The third-order valence-electron chi connectivity index (χ3n) is 5.71. The topological polar surface area (TPSA) is 50.8 Å². The largest absolute Gasteiger partial charge is 0.377 e. The molecule has 1 spiro atoms. The van der Waals surface area contributed by atoms with Crippen LogP contribution in [0.25, 0.3) is 10.8 Å². The molecule has 5 heteroatoms. The number of benzene rings is 2. The van der Waals surface area contributed by atoms with Crippen molar-refractivity contribution in [1.29, 1.82) is 0 Å². The molecular weight excluding hydrogens is 328 g/mol. The fourth-order valence-corrected chi connectivity index (χ4v) is 4.33. The second-order valence-corrected chi connectivity index (χ2v) is 7.30. The van der Waals surface area contributed by atoms with Gasteiger partial charge < -0.3 is 14.8 Å². The van der Waals surface area contributed by atoms with Crippen LogP contribution in [-0.4, -0.2) is 55.9 Å². The predicted molar refractivity (Wildman–Crippen MR) is 102 cm³/mol. The minimum atomic E-state index is -0.142. The predicted octanol–water partition coefficient (Wildman–Crippen LogP) is 3.05. The van der Waals surface area contributed by atoms with Gasteiger partial charge in [0, 0.05) is 37.9 Å². The summed E-state index contributed by atoms with van der Waals surface area (Å²) in [4.78, 5) is 14.8. The number of methoxy groups -OCH3 is 1. The SMILES string of the molecule is CO[C@H]1CN(CC(=O)Nc2cccc3ccccc23)CC[C@@]12CCCO2. The molecule has 0 unspecified atom stereocenters. The molecule has 0 aromatic heterocycles. The van der Waals surface area contributed by atoms with Gasteiger partial charge in [0.15, 0.2) is 0 Å². The monoisotopic (exact) mass is 354 g/mol. The van der Waals surface area contributed by atoms with Crippen LogP contribution in [0.1, 0.15) is 19.3 Å². The molecule has 0 bridgehead atoms. The molecule has 26 heavy (non-hydrogen) atoms. The molecule has 0 saturated carbocycles. The highest BCUT2D eigenvalue weighted by Gasteiger charge is 2.46. The molecule has 2 aromatic carbocycles. The van der Waals surface area contributed by atoms with E-state index in [4.69, 9.17) is 9.47 Å². The number of amides is 1. The summed E-state index contributed by atoms with van der Waals surface area (Å²) < 4.78 is 11.7. The van der Waals surface area contributed by atoms with Crippen LogP contribution < -0.4 is 5.32 Å². The van der Waals surface area contributed by atoms with E-state index in [0.717, 1.165) is 55.4 Å². The van der Waals surface area contributed by atoms with Crippen LogP contribution in [0.2, 0.25) is 0 Å². The zero-order valence-corrected chi connectivity index (χ0v) is 15.2. The average molecular weight is 354 g/mol. The molecular formula is C21H26N2O3. The van der Waals surface area contributed by atoms with Crippen molar-refractivity contribution in [2.45, 2.75) is 31.0 Å². The zero-order valence-electron chi connectivity index (χ0n) is 15.2. The van der Waals surface area contributed by atoms with Crippen LogP contribution in [0.3, 0.4) is 0 Å². The third kappa shape index (κ3) is 3.34. The van der Waals surface area contributed by atoms with Crippen LogP contribution in [0.15, 0.2) is 42.5 Å². The number of piperidine rings is 1. The minimum absolute atomic E-state index is 0.0134. The number of fused-ring (bicyclic) bond motifs is 1. The Morgan fingerprint density at radius 1 is 1.27 bits per heavy atom. The molecule has 2 aliphatic rings. The third-order valence-corrected chi connectivity index (χ3v) is 5.71. The normalized spacial score (nSPS) is 26.4. The Kier molecular flexibility index (Phi) is 4.94. The Balaban J connectivity index is 1.41. The highest BCUT2D eigenvalue weighted by Crippen LogP contribution is 2.37. The van der Waals surface area contributed by atoms with Crippen molar-refractivity contribution in [3.05, 3.63) is 42.5 Å². The molecule has 1 amide bonds. The van der Waals surface area contributed by atoms with E-state index in [0.29, 0.717) is 6.54 Å². The first-order valence-electron chi connectivity index (χ1n) is 9.37. The lowest BCUT2D eigenvalue weighted by molar-refractivity contribution is -0.145. The fraction of sp³-hybridized carbons (Fsp3) is 0.476. The van der Waals surface area contributed by atoms with E-state index in [1.54, 1.807) is 7.11 Å². The number of nitrogens with zero attached hydrogens (tertiary/aromatic N) is 1. The first kappa shape index (κ1) is 17.5. The van der Waals surface area contributed by atoms with E-state index in [1.807, 2.05) is 30.3 Å². The van der Waals surface area contributed by atoms with Crippen LogP contribution in [-0.2, 0) is 14.3 Å². The van der Waals surface area contributed by atoms with Gasteiger partial charge in [-0.15, -0.1) is 0 Å². The molecule has 138 valence electrons. The van der Waals surface area contributed by atoms with Gasteiger partial charge in [-0.2, -0.15) is 0 Å². The number of carbonyl (C=O) groups is 1. The molecule has 1 N–H and O–H groups in total. The molecule has 2 atom stereocenters. The van der Waals surface area contributed by atoms with Crippen LogP contribution in [0.4, 0.5) is 5.69 Å². The van der Waals surface area contributed by atoms with E-state index in [-0.39, 0.29) is 17.6 Å². The van der Waals surface area contributed by atoms with E-state index in [1.165, 1.54) is 0 Å². The quantitative estimate of drug-likeness (QED) is 0.917. The summed E-state index contributed by atoms with van der Waals surface area (Å²) in [5.41, 5.74) is 0.723. The second-order valence-electron chi connectivity index (χ2n) is 7.30. The summed E-state index contributed by atoms with van der Waals surface area (Å²) in [5.74, 6) is 0.0134. The summed E-state index contributed by atoms with van der Waals surface area (Å²) in [6.07, 6.45) is 3.11. The number of ether oxygens (including phenoxy) is 2. The maximum atomic E-state index is 12.6. The molecule has 2 fully saturated rings. The Bertz CT molecular complexity index is 780. The smallest absolute Gasteiger partial charge is 0.238 e. The Morgan fingerprint density at radius 2 is 2.12 bits per heavy atom. The van der Waals surface area contributed by atoms with Gasteiger partial charge in [-0.1, -0.05) is 36.4 Å². The van der Waals surface area contributed by atoms with E-state index < -0.39 is 0 Å². The Morgan fingerprint density at radius 3 is 2.92 bits per heavy atom. The number of carbonyl (C=O) groups excluding carboxylic acids is 1. The minimum Gasteiger partial charge on any atom is -0.377 e. The Labute approximate surface area is 154 Å². The summed E-state index contributed by atoms with van der Waals surface area (Å²) in [6.45, 7) is 2.79. The van der Waals surface area contributed by atoms with Gasteiger partial charge in [0.25, 0.3) is 0 Å². The summed E-state index contributed by atoms with van der Waals surface area (Å²) in [5, 5.41) is 5.27. The highest BCUT2D eigenvalue weighted by molar-refractivity contribution is 6.02. The number of hydrogen-bond donors (Lipinski definition) is 1. The average Bonchev–Trinajstić information content (AvgIpc) is 3.13. The van der Waals surface area contributed by atoms with E-state index >= 15 is 0 Å². The lowest BCUT2D eigenvalue weighted by Crippen LogP contribution is -2.57. The van der Waals surface area contributed by atoms with Crippen molar-refractivity contribution in [2.24, 2.45) is 0 Å². The standard InChI is InChI=1S/C21H26N2O3/c1-25-19-14-23(12-11-21(19)10-5-13-26-21)15-20(24)22-18-9-4-7-16-6-2-3-8-17(16)18/h2-4,6-9,19H,5,10-15H2,1H3,(H,22,24)/t19-,21-/m0/s1. The van der Waals surface area contributed by atoms with Gasteiger partial charge in [0.05, 0.1) is 18.2 Å². The van der Waals surface area contributed by atoms with Crippen molar-refractivity contribution >= 4 is 22.4 Å². The van der Waals surface area contributed by atoms with Gasteiger partial charge in [-0.05, 0) is 30.7 Å². The Hall–Kier alpha value is -1.95. The number of anilines is 1. The van der Waals surface area contributed by atoms with Crippen molar-refractivity contribution in [3.63, 3.8) is 0 Å². The fourth-order valence-electron chi connectivity index (χ4n) is 4.33. The van der Waals surface area contributed by atoms with Gasteiger partial charge in [0.1, 0.15) is 0 Å². The van der Waals surface area contributed by atoms with Gasteiger partial charge >= 0.3 is 0 Å². The van der Waals surface area contributed by atoms with Crippen LogP contribution in [0, 0.1) is 0 Å². The summed E-state index contributed by atoms with van der Waals surface area (Å²) >= 11 is 0. The van der Waals surface area contributed by atoms with Gasteiger partial charge in [-0.25, -0.2) is 0 Å². The molecule has 2 heterocycles. The van der Waals surface area contributed by atoms with Gasteiger partial charge in [-0.3, -0.25) is 9.69 Å². The summed E-state index contributed by atoms with van der Waals surface area (Å²) in [6, 6.07) is 14.1. The number of likely N-dealkylation sites (tertiary alicyclic amines) is 1. The van der Waals surface area contributed by atoms with Crippen molar-refractivity contribution in [1.82, 2.24) is 4.90 Å². The van der Waals surface area contributed by atoms with Crippen LogP contribution in [0.5, 0.6) is 0 Å². The lowest BCUT2D eigenvalue weighted by atomic mass is 9.86. The van der Waals surface area contributed by atoms with Crippen molar-refractivity contribution < 1.29 is 14.3 Å². The van der Waals surface area contributed by atoms with E-state index in [9.17, 15) is 4.79 Å².